The summed E-state index contributed by atoms with van der Waals surface area (Å²) in [7, 11) is -4.36. The summed E-state index contributed by atoms with van der Waals surface area (Å²) in [6.07, 6.45) is -3.27. The van der Waals surface area contributed by atoms with Gasteiger partial charge < -0.3 is 0 Å². The number of hydrogen-bond donors (Lipinski definition) is 1. The van der Waals surface area contributed by atoms with Gasteiger partial charge in [-0.25, -0.2) is 17.8 Å². The van der Waals surface area contributed by atoms with Crippen molar-refractivity contribution in [1.29, 1.82) is 0 Å². The Morgan fingerprint density at radius 2 is 1.96 bits per heavy atom. The molecule has 1 aromatic carbocycles. The molecule has 0 amide bonds. The van der Waals surface area contributed by atoms with Crippen molar-refractivity contribution in [3.05, 3.63) is 58.5 Å². The highest BCUT2D eigenvalue weighted by Gasteiger charge is 2.36. The van der Waals surface area contributed by atoms with E-state index >= 15 is 0 Å². The second-order valence-corrected chi connectivity index (χ2v) is 7.47. The number of rotatable bonds is 5. The Morgan fingerprint density at radius 3 is 2.64 bits per heavy atom. The topological polar surface area (TPSA) is 76.9 Å². The molecule has 0 bridgehead atoms. The van der Waals surface area contributed by atoms with E-state index in [4.69, 9.17) is 0 Å². The Morgan fingerprint density at radius 1 is 1.20 bits per heavy atom. The van der Waals surface area contributed by atoms with E-state index < -0.39 is 26.7 Å². The molecule has 0 radical (unpaired) electrons. The molecule has 132 valence electrons. The monoisotopic (exact) mass is 388 g/mol. The first kappa shape index (κ1) is 17.6. The summed E-state index contributed by atoms with van der Waals surface area (Å²) < 4.78 is 67.0. The van der Waals surface area contributed by atoms with Crippen molar-refractivity contribution in [3.8, 4) is 5.69 Å². The van der Waals surface area contributed by atoms with Gasteiger partial charge in [0.05, 0.1) is 34.6 Å². The molecule has 0 fully saturated rings. The number of aromatic nitrogens is 3. The Balaban J connectivity index is 1.79. The van der Waals surface area contributed by atoms with Crippen LogP contribution in [0.2, 0.25) is 0 Å². The second kappa shape index (κ2) is 6.58. The van der Waals surface area contributed by atoms with Crippen LogP contribution >= 0.6 is 11.3 Å². The maximum Gasteiger partial charge on any atom is 0.417 e. The lowest BCUT2D eigenvalue weighted by Crippen LogP contribution is -2.26. The van der Waals surface area contributed by atoms with Crippen LogP contribution in [0.3, 0.4) is 0 Å². The fourth-order valence-electron chi connectivity index (χ4n) is 2.08. The number of hydrogen-bond acceptors (Lipinski definition) is 5. The van der Waals surface area contributed by atoms with Gasteiger partial charge in [0, 0.05) is 5.38 Å². The van der Waals surface area contributed by atoms with E-state index in [0.29, 0.717) is 0 Å². The largest absolute Gasteiger partial charge is 0.417 e. The van der Waals surface area contributed by atoms with E-state index in [1.165, 1.54) is 28.3 Å². The van der Waals surface area contributed by atoms with Crippen molar-refractivity contribution in [2.24, 2.45) is 0 Å². The Bertz CT molecular complexity index is 966. The maximum atomic E-state index is 13.0. The number of nitrogens with one attached hydrogen (secondary N) is 1. The predicted octanol–water partition coefficient (Wildman–Crippen LogP) is 2.83. The third kappa shape index (κ3) is 3.89. The van der Waals surface area contributed by atoms with Crippen LogP contribution in [0.15, 0.2) is 52.2 Å². The lowest BCUT2D eigenvalue weighted by molar-refractivity contribution is -0.139. The van der Waals surface area contributed by atoms with Crippen LogP contribution in [0, 0.1) is 0 Å². The van der Waals surface area contributed by atoms with Gasteiger partial charge in [-0.1, -0.05) is 17.3 Å². The van der Waals surface area contributed by atoms with Gasteiger partial charge in [-0.05, 0) is 23.6 Å². The SMILES string of the molecule is O=S(=O)(NCc1cn(-c2ccsc2)nn1)c1ccccc1C(F)(F)F. The highest BCUT2D eigenvalue weighted by molar-refractivity contribution is 7.89. The maximum absolute atomic E-state index is 13.0. The Labute approximate surface area is 145 Å². The van der Waals surface area contributed by atoms with Gasteiger partial charge in [-0.3, -0.25) is 0 Å². The van der Waals surface area contributed by atoms with Gasteiger partial charge in [0.2, 0.25) is 10.0 Å². The molecule has 0 atom stereocenters. The van der Waals surface area contributed by atoms with Crippen LogP contribution < -0.4 is 4.72 Å². The highest BCUT2D eigenvalue weighted by atomic mass is 32.2. The third-order valence-corrected chi connectivity index (χ3v) is 5.37. The standard InChI is InChI=1S/C14H11F3N4O2S2/c15-14(16,17)12-3-1-2-4-13(12)25(22,23)18-7-10-8-21(20-19-10)11-5-6-24-9-11/h1-6,8-9,18H,7H2. The van der Waals surface area contributed by atoms with Gasteiger partial charge in [0.25, 0.3) is 0 Å². The van der Waals surface area contributed by atoms with Crippen LogP contribution in [0.5, 0.6) is 0 Å². The summed E-state index contributed by atoms with van der Waals surface area (Å²) in [6, 6.07) is 5.80. The molecule has 0 unspecified atom stereocenters. The van der Waals surface area contributed by atoms with Crippen LogP contribution in [0.1, 0.15) is 11.3 Å². The van der Waals surface area contributed by atoms with Gasteiger partial charge in [-0.15, -0.1) is 5.10 Å². The quantitative estimate of drug-likeness (QED) is 0.729. The zero-order valence-electron chi connectivity index (χ0n) is 12.4. The number of nitrogens with zero attached hydrogens (tertiary/aromatic N) is 3. The fraction of sp³-hybridized carbons (Fsp3) is 0.143. The van der Waals surface area contributed by atoms with Crippen LogP contribution in [0.4, 0.5) is 13.2 Å². The molecule has 11 heteroatoms. The first-order chi connectivity index (χ1) is 11.8. The van der Waals surface area contributed by atoms with Gasteiger partial charge in [-0.2, -0.15) is 24.5 Å². The second-order valence-electron chi connectivity index (χ2n) is 4.95. The molecule has 25 heavy (non-hydrogen) atoms. The first-order valence-corrected chi connectivity index (χ1v) is 9.30. The minimum atomic E-state index is -4.77. The minimum absolute atomic E-state index is 0.277. The fourth-order valence-corrected chi connectivity index (χ4v) is 3.92. The molecular formula is C14H11F3N4O2S2. The van der Waals surface area contributed by atoms with Gasteiger partial charge in [0.1, 0.15) is 0 Å². The van der Waals surface area contributed by atoms with Crippen LogP contribution in [-0.4, -0.2) is 23.4 Å². The molecule has 1 N–H and O–H groups in total. The molecule has 0 aliphatic heterocycles. The molecule has 0 aliphatic carbocycles. The summed E-state index contributed by atoms with van der Waals surface area (Å²) in [5.74, 6) is 0. The van der Waals surface area contributed by atoms with Gasteiger partial charge in [0.15, 0.2) is 0 Å². The van der Waals surface area contributed by atoms with E-state index in [0.717, 1.165) is 23.9 Å². The summed E-state index contributed by atoms with van der Waals surface area (Å²) in [4.78, 5) is -0.826. The summed E-state index contributed by atoms with van der Waals surface area (Å²) in [5.41, 5.74) is -0.183. The highest BCUT2D eigenvalue weighted by Crippen LogP contribution is 2.33. The lowest BCUT2D eigenvalue weighted by atomic mass is 10.2. The molecule has 6 nitrogen and oxygen atoms in total. The molecule has 3 rings (SSSR count). The predicted molar refractivity (Wildman–Crippen MR) is 84.7 cm³/mol. The van der Waals surface area contributed by atoms with Crippen molar-refractivity contribution in [2.75, 3.05) is 0 Å². The number of benzene rings is 1. The van der Waals surface area contributed by atoms with Crippen molar-refractivity contribution in [3.63, 3.8) is 0 Å². The molecule has 2 aromatic heterocycles. The first-order valence-electron chi connectivity index (χ1n) is 6.87. The summed E-state index contributed by atoms with van der Waals surface area (Å²) in [6.45, 7) is -0.279. The average molecular weight is 388 g/mol. The van der Waals surface area contributed by atoms with Crippen molar-refractivity contribution in [1.82, 2.24) is 19.7 Å². The molecule has 0 spiro atoms. The Hall–Kier alpha value is -2.24. The smallest absolute Gasteiger partial charge is 0.220 e. The zero-order valence-corrected chi connectivity index (χ0v) is 14.1. The Kier molecular flexibility index (Phi) is 4.62. The summed E-state index contributed by atoms with van der Waals surface area (Å²) >= 11 is 1.46. The average Bonchev–Trinajstić information content (AvgIpc) is 3.23. The molecule has 0 saturated heterocycles. The number of thiophene rings is 1. The van der Waals surface area contributed by atoms with Crippen molar-refractivity contribution < 1.29 is 21.6 Å². The number of halogens is 3. The lowest BCUT2D eigenvalue weighted by Gasteiger charge is -2.13. The number of sulfonamides is 1. The molecule has 0 aliphatic rings. The molecule has 0 saturated carbocycles. The van der Waals surface area contributed by atoms with E-state index in [1.807, 2.05) is 10.8 Å². The molecule has 2 heterocycles. The minimum Gasteiger partial charge on any atom is -0.220 e. The van der Waals surface area contributed by atoms with E-state index in [1.54, 1.807) is 6.07 Å². The van der Waals surface area contributed by atoms with Crippen LogP contribution in [-0.2, 0) is 22.7 Å². The van der Waals surface area contributed by atoms with Crippen LogP contribution in [0.25, 0.3) is 5.69 Å². The van der Waals surface area contributed by atoms with E-state index in [-0.39, 0.29) is 12.2 Å². The van der Waals surface area contributed by atoms with E-state index in [9.17, 15) is 21.6 Å². The van der Waals surface area contributed by atoms with Gasteiger partial charge >= 0.3 is 6.18 Å². The zero-order chi connectivity index (χ0) is 18.1. The molecule has 3 aromatic rings. The van der Waals surface area contributed by atoms with E-state index in [2.05, 4.69) is 15.0 Å². The summed E-state index contributed by atoms with van der Waals surface area (Å²) in [5, 5.41) is 11.3. The molecular weight excluding hydrogens is 377 g/mol. The third-order valence-electron chi connectivity index (χ3n) is 3.24. The normalized spacial score (nSPS) is 12.4. The van der Waals surface area contributed by atoms with Crippen molar-refractivity contribution >= 4 is 21.4 Å². The number of alkyl halides is 3. The van der Waals surface area contributed by atoms with Crippen molar-refractivity contribution in [2.45, 2.75) is 17.6 Å².